The molecule has 0 spiro atoms. The zero-order chi connectivity index (χ0) is 15.4. The fourth-order valence-electron chi connectivity index (χ4n) is 2.10. The fraction of sp³-hybridized carbons (Fsp3) is 0.333. The third-order valence-corrected chi connectivity index (χ3v) is 4.12. The maximum absolute atomic E-state index is 12.1. The lowest BCUT2D eigenvalue weighted by Crippen LogP contribution is -2.22. The molecule has 0 unspecified atom stereocenters. The Hall–Kier alpha value is -1.95. The summed E-state index contributed by atoms with van der Waals surface area (Å²) in [6, 6.07) is 7.94. The Morgan fingerprint density at radius 1 is 1.33 bits per heavy atom. The van der Waals surface area contributed by atoms with Gasteiger partial charge in [-0.1, -0.05) is 12.1 Å². The third-order valence-electron chi connectivity index (χ3n) is 3.32. The summed E-state index contributed by atoms with van der Waals surface area (Å²) in [5, 5.41) is 10.4. The molecule has 1 aromatic heterocycles. The lowest BCUT2D eigenvalue weighted by molar-refractivity contribution is -0.114. The van der Waals surface area contributed by atoms with Gasteiger partial charge in [0.05, 0.1) is 23.6 Å². The first kappa shape index (κ1) is 15.4. The summed E-state index contributed by atoms with van der Waals surface area (Å²) in [6.07, 6.45) is 2.02. The lowest BCUT2D eigenvalue weighted by atomic mass is 10.3. The van der Waals surface area contributed by atoms with Gasteiger partial charge in [0.25, 0.3) is 0 Å². The van der Waals surface area contributed by atoms with Crippen molar-refractivity contribution in [1.29, 1.82) is 0 Å². The predicted octanol–water partition coefficient (Wildman–Crippen LogP) is 2.81. The molecule has 1 heterocycles. The molecule has 0 aliphatic heterocycles. The van der Waals surface area contributed by atoms with E-state index in [2.05, 4.69) is 15.7 Å². The monoisotopic (exact) mass is 304 g/mol. The van der Waals surface area contributed by atoms with Gasteiger partial charge < -0.3 is 10.6 Å². The largest absolute Gasteiger partial charge is 0.375 e. The molecule has 2 aromatic rings. The minimum atomic E-state index is -0.0786. The van der Waals surface area contributed by atoms with Crippen LogP contribution in [0.2, 0.25) is 0 Å². The number of nitrogens with zero attached hydrogens (tertiary/aromatic N) is 2. The van der Waals surface area contributed by atoms with Crippen molar-refractivity contribution in [3.8, 4) is 0 Å². The van der Waals surface area contributed by atoms with Gasteiger partial charge in [-0.15, -0.1) is 11.8 Å². The maximum Gasteiger partial charge on any atom is 0.243 e. The van der Waals surface area contributed by atoms with Crippen LogP contribution in [0.3, 0.4) is 0 Å². The number of hydrogen-bond donors (Lipinski definition) is 2. The average Bonchev–Trinajstić information content (AvgIpc) is 2.72. The van der Waals surface area contributed by atoms with Crippen LogP contribution in [0.5, 0.6) is 0 Å². The van der Waals surface area contributed by atoms with E-state index < -0.39 is 0 Å². The quantitative estimate of drug-likeness (QED) is 0.834. The van der Waals surface area contributed by atoms with Gasteiger partial charge in [0.1, 0.15) is 0 Å². The second-order valence-electron chi connectivity index (χ2n) is 4.77. The molecule has 0 aliphatic rings. The summed E-state index contributed by atoms with van der Waals surface area (Å²) in [5.41, 5.74) is 3.54. The molecule has 0 aliphatic carbocycles. The van der Waals surface area contributed by atoms with Crippen LogP contribution in [-0.4, -0.2) is 28.5 Å². The summed E-state index contributed by atoms with van der Waals surface area (Å²) >= 11 is 1.65. The molecule has 2 N–H and O–H groups in total. The molecule has 0 bridgehead atoms. The Kier molecular flexibility index (Phi) is 4.90. The van der Waals surface area contributed by atoms with Gasteiger partial charge in [-0.3, -0.25) is 9.48 Å². The number of aromatic nitrogens is 2. The Morgan fingerprint density at radius 3 is 2.67 bits per heavy atom. The number of nitrogens with one attached hydrogen (secondary N) is 2. The molecule has 1 amide bonds. The Morgan fingerprint density at radius 2 is 2.05 bits per heavy atom. The standard InChI is InChI=1S/C15H20N4OS/c1-10-15(11(2)19(3)18-10)17-14(20)9-16-12-7-5-6-8-13(12)21-4/h5-8,16H,9H2,1-4H3,(H,17,20). The molecule has 0 saturated carbocycles. The first-order valence-electron chi connectivity index (χ1n) is 6.70. The Bertz CT molecular complexity index is 651. The number of rotatable bonds is 5. The first-order chi connectivity index (χ1) is 10.0. The molecule has 0 fully saturated rings. The van der Waals surface area contributed by atoms with E-state index in [0.717, 1.165) is 27.7 Å². The van der Waals surface area contributed by atoms with Crippen molar-refractivity contribution < 1.29 is 4.79 Å². The van der Waals surface area contributed by atoms with Crippen LogP contribution in [0.15, 0.2) is 29.2 Å². The highest BCUT2D eigenvalue weighted by Gasteiger charge is 2.12. The summed E-state index contributed by atoms with van der Waals surface area (Å²) in [7, 11) is 1.87. The normalized spacial score (nSPS) is 10.5. The summed E-state index contributed by atoms with van der Waals surface area (Å²) in [6.45, 7) is 4.05. The van der Waals surface area contributed by atoms with Crippen molar-refractivity contribution in [2.24, 2.45) is 7.05 Å². The Labute approximate surface area is 129 Å². The van der Waals surface area contributed by atoms with Gasteiger partial charge in [0.2, 0.25) is 5.91 Å². The number of para-hydroxylation sites is 1. The molecule has 0 saturated heterocycles. The van der Waals surface area contributed by atoms with E-state index in [0.29, 0.717) is 0 Å². The highest BCUT2D eigenvalue weighted by molar-refractivity contribution is 7.98. The van der Waals surface area contributed by atoms with E-state index in [1.165, 1.54) is 0 Å². The number of hydrogen-bond acceptors (Lipinski definition) is 4. The molecule has 6 heteroatoms. The van der Waals surface area contributed by atoms with E-state index in [-0.39, 0.29) is 12.5 Å². The number of carbonyl (C=O) groups is 1. The zero-order valence-corrected chi connectivity index (χ0v) is 13.5. The number of amides is 1. The van der Waals surface area contributed by atoms with Crippen molar-refractivity contribution in [2.75, 3.05) is 23.4 Å². The van der Waals surface area contributed by atoms with Crippen molar-refractivity contribution in [3.63, 3.8) is 0 Å². The summed E-state index contributed by atoms with van der Waals surface area (Å²) in [4.78, 5) is 13.2. The van der Waals surface area contributed by atoms with Gasteiger partial charge in [-0.2, -0.15) is 5.10 Å². The van der Waals surface area contributed by atoms with E-state index >= 15 is 0 Å². The number of aryl methyl sites for hydroxylation is 2. The van der Waals surface area contributed by atoms with Crippen LogP contribution < -0.4 is 10.6 Å². The van der Waals surface area contributed by atoms with Crippen LogP contribution in [0, 0.1) is 13.8 Å². The smallest absolute Gasteiger partial charge is 0.243 e. The van der Waals surface area contributed by atoms with Gasteiger partial charge in [-0.05, 0) is 32.2 Å². The minimum absolute atomic E-state index is 0.0786. The number of benzene rings is 1. The second-order valence-corrected chi connectivity index (χ2v) is 5.62. The number of thioether (sulfide) groups is 1. The predicted molar refractivity (Wildman–Crippen MR) is 88.0 cm³/mol. The molecule has 112 valence electrons. The highest BCUT2D eigenvalue weighted by atomic mass is 32.2. The van der Waals surface area contributed by atoms with Crippen LogP contribution >= 0.6 is 11.8 Å². The van der Waals surface area contributed by atoms with E-state index in [1.54, 1.807) is 16.4 Å². The third kappa shape index (κ3) is 3.58. The average molecular weight is 304 g/mol. The van der Waals surface area contributed by atoms with Crippen LogP contribution in [0.1, 0.15) is 11.4 Å². The topological polar surface area (TPSA) is 59.0 Å². The van der Waals surface area contributed by atoms with Crippen molar-refractivity contribution in [2.45, 2.75) is 18.7 Å². The van der Waals surface area contributed by atoms with E-state index in [9.17, 15) is 4.79 Å². The van der Waals surface area contributed by atoms with Gasteiger partial charge in [0, 0.05) is 17.6 Å². The maximum atomic E-state index is 12.1. The second kappa shape index (κ2) is 6.67. The lowest BCUT2D eigenvalue weighted by Gasteiger charge is -2.10. The van der Waals surface area contributed by atoms with Crippen LogP contribution in [0.25, 0.3) is 0 Å². The molecule has 0 radical (unpaired) electrons. The van der Waals surface area contributed by atoms with Gasteiger partial charge >= 0.3 is 0 Å². The zero-order valence-electron chi connectivity index (χ0n) is 12.7. The fourth-order valence-corrected chi connectivity index (χ4v) is 2.68. The number of anilines is 2. The van der Waals surface area contributed by atoms with Crippen molar-refractivity contribution >= 4 is 29.0 Å². The number of carbonyl (C=O) groups excluding carboxylic acids is 1. The van der Waals surface area contributed by atoms with Gasteiger partial charge in [-0.25, -0.2) is 0 Å². The molecule has 5 nitrogen and oxygen atoms in total. The van der Waals surface area contributed by atoms with E-state index in [4.69, 9.17) is 0 Å². The molecular formula is C15H20N4OS. The first-order valence-corrected chi connectivity index (χ1v) is 7.92. The van der Waals surface area contributed by atoms with Gasteiger partial charge in [0.15, 0.2) is 0 Å². The summed E-state index contributed by atoms with van der Waals surface area (Å²) < 4.78 is 1.77. The Balaban J connectivity index is 1.99. The van der Waals surface area contributed by atoms with Crippen molar-refractivity contribution in [1.82, 2.24) is 9.78 Å². The molecule has 0 atom stereocenters. The molecular weight excluding hydrogens is 284 g/mol. The summed E-state index contributed by atoms with van der Waals surface area (Å²) in [5.74, 6) is -0.0786. The molecule has 1 aromatic carbocycles. The highest BCUT2D eigenvalue weighted by Crippen LogP contribution is 2.24. The molecule has 21 heavy (non-hydrogen) atoms. The molecule has 2 rings (SSSR count). The van der Waals surface area contributed by atoms with E-state index in [1.807, 2.05) is 51.4 Å². The van der Waals surface area contributed by atoms with Crippen LogP contribution in [0.4, 0.5) is 11.4 Å². The van der Waals surface area contributed by atoms with Crippen molar-refractivity contribution in [3.05, 3.63) is 35.7 Å². The van der Waals surface area contributed by atoms with Crippen LogP contribution in [-0.2, 0) is 11.8 Å². The minimum Gasteiger partial charge on any atom is -0.375 e. The SMILES string of the molecule is CSc1ccccc1NCC(=O)Nc1c(C)nn(C)c1C.